The number of benzene rings is 2. The number of imidazole rings is 1. The Bertz CT molecular complexity index is 1240. The molecule has 0 spiro atoms. The molecular weight excluding hydrogens is 471 g/mol. The summed E-state index contributed by atoms with van der Waals surface area (Å²) in [5.74, 6) is 0.885. The Kier molecular flexibility index (Phi) is 7.60. The number of carbonyl (C=O) groups is 1. The smallest absolute Gasteiger partial charge is 0.416 e. The van der Waals surface area contributed by atoms with Gasteiger partial charge in [0.05, 0.1) is 22.9 Å². The second kappa shape index (κ2) is 10.8. The zero-order chi connectivity index (χ0) is 25.7. The van der Waals surface area contributed by atoms with Gasteiger partial charge < -0.3 is 14.2 Å². The predicted molar refractivity (Wildman–Crippen MR) is 126 cm³/mol. The van der Waals surface area contributed by atoms with Crippen LogP contribution < -0.4 is 0 Å². The fourth-order valence-corrected chi connectivity index (χ4v) is 4.20. The minimum Gasteiger partial charge on any atom is -0.445 e. The van der Waals surface area contributed by atoms with Gasteiger partial charge in [0.15, 0.2) is 0 Å². The van der Waals surface area contributed by atoms with E-state index in [0.29, 0.717) is 44.8 Å². The van der Waals surface area contributed by atoms with Gasteiger partial charge in [-0.2, -0.15) is 18.4 Å². The number of hydrogen-bond donors (Lipinski definition) is 0. The van der Waals surface area contributed by atoms with Crippen LogP contribution in [0.1, 0.15) is 33.8 Å². The summed E-state index contributed by atoms with van der Waals surface area (Å²) in [5, 5.41) is 8.99. The van der Waals surface area contributed by atoms with Crippen molar-refractivity contribution in [2.75, 3.05) is 26.2 Å². The third-order valence-corrected chi connectivity index (χ3v) is 6.25. The first-order valence-corrected chi connectivity index (χ1v) is 11.5. The van der Waals surface area contributed by atoms with Crippen LogP contribution in [0.4, 0.5) is 18.0 Å². The van der Waals surface area contributed by atoms with Crippen molar-refractivity contribution in [2.24, 2.45) is 0 Å². The fourth-order valence-electron chi connectivity index (χ4n) is 4.20. The summed E-state index contributed by atoms with van der Waals surface area (Å²) in [6, 6.07) is 14.7. The number of piperazine rings is 1. The van der Waals surface area contributed by atoms with Gasteiger partial charge in [-0.1, -0.05) is 30.3 Å². The van der Waals surface area contributed by atoms with Gasteiger partial charge in [0.1, 0.15) is 12.4 Å². The van der Waals surface area contributed by atoms with Gasteiger partial charge in [-0.05, 0) is 30.7 Å². The van der Waals surface area contributed by atoms with Gasteiger partial charge in [0, 0.05) is 51.0 Å². The van der Waals surface area contributed by atoms with E-state index in [9.17, 15) is 18.0 Å². The highest BCUT2D eigenvalue weighted by atomic mass is 19.4. The average Bonchev–Trinajstić information content (AvgIpc) is 3.21. The number of aromatic nitrogens is 2. The molecule has 2 aromatic carbocycles. The molecule has 0 saturated carbocycles. The number of carbonyl (C=O) groups excluding carboxylic acids is 1. The SMILES string of the molecule is Cc1ncc(CN2CCN(C(=O)OCc3ccccc3C(F)(F)F)CC2)n1Cc1ccc(C#N)cc1. The van der Waals surface area contributed by atoms with Gasteiger partial charge in [-0.15, -0.1) is 0 Å². The van der Waals surface area contributed by atoms with Crippen LogP contribution in [0.2, 0.25) is 0 Å². The molecule has 2 heterocycles. The topological polar surface area (TPSA) is 74.4 Å². The molecule has 36 heavy (non-hydrogen) atoms. The lowest BCUT2D eigenvalue weighted by atomic mass is 10.1. The zero-order valence-electron chi connectivity index (χ0n) is 19.8. The van der Waals surface area contributed by atoms with Crippen LogP contribution in [0.15, 0.2) is 54.7 Å². The number of nitrogens with zero attached hydrogens (tertiary/aromatic N) is 5. The normalized spacial score (nSPS) is 14.5. The molecule has 1 saturated heterocycles. The minimum atomic E-state index is -4.50. The first kappa shape index (κ1) is 25.3. The largest absolute Gasteiger partial charge is 0.445 e. The first-order chi connectivity index (χ1) is 17.2. The molecule has 188 valence electrons. The Hall–Kier alpha value is -3.84. The van der Waals surface area contributed by atoms with E-state index in [1.807, 2.05) is 25.3 Å². The van der Waals surface area contributed by atoms with E-state index in [4.69, 9.17) is 10.00 Å². The number of nitriles is 1. The van der Waals surface area contributed by atoms with Crippen molar-refractivity contribution in [3.05, 3.63) is 88.5 Å². The third kappa shape index (κ3) is 6.04. The summed E-state index contributed by atoms with van der Waals surface area (Å²) in [5.41, 5.74) is 1.85. The van der Waals surface area contributed by atoms with Crippen LogP contribution in [0.25, 0.3) is 0 Å². The molecular formula is C26H26F3N5O2. The van der Waals surface area contributed by atoms with Crippen molar-refractivity contribution in [1.82, 2.24) is 19.4 Å². The van der Waals surface area contributed by atoms with Crippen LogP contribution in [-0.2, 0) is 30.6 Å². The highest BCUT2D eigenvalue weighted by molar-refractivity contribution is 5.67. The summed E-state index contributed by atoms with van der Waals surface area (Å²) in [7, 11) is 0. The summed E-state index contributed by atoms with van der Waals surface area (Å²) < 4.78 is 46.8. The maximum absolute atomic E-state index is 13.2. The molecule has 0 aliphatic carbocycles. The Morgan fingerprint density at radius 1 is 1.06 bits per heavy atom. The number of rotatable bonds is 6. The second-order valence-corrected chi connectivity index (χ2v) is 8.66. The van der Waals surface area contributed by atoms with Crippen molar-refractivity contribution in [3.63, 3.8) is 0 Å². The molecule has 0 atom stereocenters. The average molecular weight is 498 g/mol. The maximum Gasteiger partial charge on any atom is 0.416 e. The molecule has 0 radical (unpaired) electrons. The van der Waals surface area contributed by atoms with E-state index < -0.39 is 24.4 Å². The number of ether oxygens (including phenoxy) is 1. The van der Waals surface area contributed by atoms with Crippen molar-refractivity contribution in [1.29, 1.82) is 5.26 Å². The number of aryl methyl sites for hydroxylation is 1. The molecule has 1 aliphatic rings. The molecule has 4 rings (SSSR count). The lowest BCUT2D eigenvalue weighted by Crippen LogP contribution is -2.48. The van der Waals surface area contributed by atoms with Crippen LogP contribution in [-0.4, -0.2) is 51.6 Å². The lowest BCUT2D eigenvalue weighted by Gasteiger charge is -2.34. The van der Waals surface area contributed by atoms with Crippen molar-refractivity contribution in [2.45, 2.75) is 32.8 Å². The van der Waals surface area contributed by atoms with Crippen molar-refractivity contribution in [3.8, 4) is 6.07 Å². The summed E-state index contributed by atoms with van der Waals surface area (Å²) in [6.07, 6.45) is -3.27. The molecule has 1 aromatic heterocycles. The number of amides is 1. The van der Waals surface area contributed by atoms with E-state index in [0.717, 1.165) is 23.1 Å². The Morgan fingerprint density at radius 2 is 1.75 bits per heavy atom. The van der Waals surface area contributed by atoms with Crippen LogP contribution in [0.5, 0.6) is 0 Å². The van der Waals surface area contributed by atoms with E-state index in [2.05, 4.69) is 20.5 Å². The molecule has 0 unspecified atom stereocenters. The highest BCUT2D eigenvalue weighted by Gasteiger charge is 2.33. The molecule has 1 aliphatic heterocycles. The molecule has 3 aromatic rings. The lowest BCUT2D eigenvalue weighted by molar-refractivity contribution is -0.138. The molecule has 1 amide bonds. The van der Waals surface area contributed by atoms with Gasteiger partial charge in [0.2, 0.25) is 0 Å². The molecule has 10 heteroatoms. The quantitative estimate of drug-likeness (QED) is 0.498. The standard InChI is InChI=1S/C26H26F3N5O2/c1-19-31-15-23(34(19)16-21-8-6-20(14-30)7-9-21)17-32-10-12-33(13-11-32)25(35)36-18-22-4-2-3-5-24(22)26(27,28)29/h2-9,15H,10-13,16-18H2,1H3. The fraction of sp³-hybridized carbons (Fsp3) is 0.346. The monoisotopic (exact) mass is 497 g/mol. The summed E-state index contributed by atoms with van der Waals surface area (Å²) >= 11 is 0. The van der Waals surface area contributed by atoms with E-state index in [1.54, 1.807) is 12.1 Å². The number of halogens is 3. The number of alkyl halides is 3. The van der Waals surface area contributed by atoms with Crippen LogP contribution >= 0.6 is 0 Å². The highest BCUT2D eigenvalue weighted by Crippen LogP contribution is 2.32. The van der Waals surface area contributed by atoms with Gasteiger partial charge in [-0.25, -0.2) is 9.78 Å². The molecule has 0 bridgehead atoms. The van der Waals surface area contributed by atoms with Gasteiger partial charge in [-0.3, -0.25) is 4.90 Å². The predicted octanol–water partition coefficient (Wildman–Crippen LogP) is 4.58. The zero-order valence-corrected chi connectivity index (χ0v) is 19.8. The molecule has 0 N–H and O–H groups in total. The van der Waals surface area contributed by atoms with Crippen LogP contribution in [0, 0.1) is 18.3 Å². The Morgan fingerprint density at radius 3 is 2.42 bits per heavy atom. The van der Waals surface area contributed by atoms with Crippen LogP contribution in [0.3, 0.4) is 0 Å². The van der Waals surface area contributed by atoms with Crippen molar-refractivity contribution >= 4 is 6.09 Å². The summed E-state index contributed by atoms with van der Waals surface area (Å²) in [6.45, 7) is 4.85. The summed E-state index contributed by atoms with van der Waals surface area (Å²) in [4.78, 5) is 20.6. The second-order valence-electron chi connectivity index (χ2n) is 8.66. The minimum absolute atomic E-state index is 0.0668. The Balaban J connectivity index is 1.30. The Labute approximate surface area is 207 Å². The molecule has 1 fully saturated rings. The van der Waals surface area contributed by atoms with E-state index in [-0.39, 0.29) is 5.56 Å². The maximum atomic E-state index is 13.2. The first-order valence-electron chi connectivity index (χ1n) is 11.5. The van der Waals surface area contributed by atoms with E-state index >= 15 is 0 Å². The van der Waals surface area contributed by atoms with Crippen molar-refractivity contribution < 1.29 is 22.7 Å². The third-order valence-electron chi connectivity index (χ3n) is 6.25. The van der Waals surface area contributed by atoms with E-state index in [1.165, 1.54) is 23.1 Å². The molecule has 7 nitrogen and oxygen atoms in total. The van der Waals surface area contributed by atoms with Gasteiger partial charge in [0.25, 0.3) is 0 Å². The number of hydrogen-bond acceptors (Lipinski definition) is 5. The van der Waals surface area contributed by atoms with Gasteiger partial charge >= 0.3 is 12.3 Å².